The van der Waals surface area contributed by atoms with Gasteiger partial charge < -0.3 is 10.6 Å². The highest BCUT2D eigenvalue weighted by atomic mass is 19.1. The number of carbonyl (C=O) groups is 2. The fourth-order valence-corrected chi connectivity index (χ4v) is 2.02. The summed E-state index contributed by atoms with van der Waals surface area (Å²) < 4.78 is 26.3. The van der Waals surface area contributed by atoms with E-state index in [1.54, 1.807) is 37.3 Å². The first-order valence-electron chi connectivity index (χ1n) is 7.06. The van der Waals surface area contributed by atoms with Gasteiger partial charge in [-0.3, -0.25) is 9.59 Å². The summed E-state index contributed by atoms with van der Waals surface area (Å²) in [5.41, 5.74) is 0.391. The van der Waals surface area contributed by atoms with Gasteiger partial charge in [-0.1, -0.05) is 18.2 Å². The van der Waals surface area contributed by atoms with Gasteiger partial charge in [0.2, 0.25) is 5.91 Å². The SMILES string of the molecule is CC(CC(=O)Nc1ccc(F)cc1F)NC(=O)c1ccccc1. The Hall–Kier alpha value is -2.76. The average molecular weight is 318 g/mol. The van der Waals surface area contributed by atoms with E-state index in [2.05, 4.69) is 10.6 Å². The van der Waals surface area contributed by atoms with Crippen LogP contribution < -0.4 is 10.6 Å². The molecule has 0 spiro atoms. The molecule has 0 aromatic heterocycles. The predicted molar refractivity (Wildman–Crippen MR) is 83.0 cm³/mol. The van der Waals surface area contributed by atoms with E-state index in [0.717, 1.165) is 12.1 Å². The van der Waals surface area contributed by atoms with Gasteiger partial charge in [-0.05, 0) is 31.2 Å². The Kier molecular flexibility index (Phi) is 5.41. The van der Waals surface area contributed by atoms with Crippen molar-refractivity contribution in [1.29, 1.82) is 0 Å². The molecule has 0 radical (unpaired) electrons. The molecule has 2 rings (SSSR count). The molecule has 0 bridgehead atoms. The zero-order valence-corrected chi connectivity index (χ0v) is 12.5. The van der Waals surface area contributed by atoms with E-state index in [9.17, 15) is 18.4 Å². The summed E-state index contributed by atoms with van der Waals surface area (Å²) in [5, 5.41) is 5.03. The zero-order chi connectivity index (χ0) is 16.8. The third kappa shape index (κ3) is 4.88. The Morgan fingerprint density at radius 1 is 1.09 bits per heavy atom. The summed E-state index contributed by atoms with van der Waals surface area (Å²) in [4.78, 5) is 23.8. The van der Waals surface area contributed by atoms with Crippen LogP contribution >= 0.6 is 0 Å². The molecule has 0 saturated heterocycles. The minimum atomic E-state index is -0.848. The number of hydrogen-bond acceptors (Lipinski definition) is 2. The maximum absolute atomic E-state index is 13.5. The molecule has 0 saturated carbocycles. The van der Waals surface area contributed by atoms with Crippen LogP contribution in [-0.4, -0.2) is 17.9 Å². The second-order valence-electron chi connectivity index (χ2n) is 5.12. The molecule has 23 heavy (non-hydrogen) atoms. The molecular formula is C17H16F2N2O2. The topological polar surface area (TPSA) is 58.2 Å². The quantitative estimate of drug-likeness (QED) is 0.890. The molecule has 1 atom stereocenters. The molecule has 6 heteroatoms. The first-order chi connectivity index (χ1) is 11.0. The summed E-state index contributed by atoms with van der Waals surface area (Å²) in [6, 6.07) is 11.1. The van der Waals surface area contributed by atoms with Crippen LogP contribution in [0.5, 0.6) is 0 Å². The van der Waals surface area contributed by atoms with Crippen molar-refractivity contribution in [3.8, 4) is 0 Å². The highest BCUT2D eigenvalue weighted by Crippen LogP contribution is 2.15. The van der Waals surface area contributed by atoms with E-state index >= 15 is 0 Å². The lowest BCUT2D eigenvalue weighted by Gasteiger charge is -2.14. The molecule has 2 N–H and O–H groups in total. The number of benzene rings is 2. The van der Waals surface area contributed by atoms with Gasteiger partial charge in [0.05, 0.1) is 5.69 Å². The van der Waals surface area contributed by atoms with E-state index in [1.165, 1.54) is 0 Å². The van der Waals surface area contributed by atoms with Gasteiger partial charge in [-0.2, -0.15) is 0 Å². The molecule has 0 fully saturated rings. The average Bonchev–Trinajstić information content (AvgIpc) is 2.50. The number of rotatable bonds is 5. The Morgan fingerprint density at radius 3 is 2.43 bits per heavy atom. The molecule has 2 aromatic rings. The molecule has 0 aliphatic rings. The van der Waals surface area contributed by atoms with Gasteiger partial charge in [0.15, 0.2) is 0 Å². The van der Waals surface area contributed by atoms with Crippen LogP contribution in [0, 0.1) is 11.6 Å². The third-order valence-corrected chi connectivity index (χ3v) is 3.11. The van der Waals surface area contributed by atoms with Crippen LogP contribution in [-0.2, 0) is 4.79 Å². The number of halogens is 2. The zero-order valence-electron chi connectivity index (χ0n) is 12.5. The summed E-state index contributed by atoms with van der Waals surface area (Å²) in [5.74, 6) is -2.33. The van der Waals surface area contributed by atoms with Crippen molar-refractivity contribution in [3.05, 3.63) is 65.7 Å². The number of carbonyl (C=O) groups excluding carboxylic acids is 2. The summed E-state index contributed by atoms with van der Waals surface area (Å²) in [7, 11) is 0. The van der Waals surface area contributed by atoms with Crippen LogP contribution in [0.1, 0.15) is 23.7 Å². The Labute approximate surface area is 132 Å². The van der Waals surface area contributed by atoms with Gasteiger partial charge in [0.1, 0.15) is 11.6 Å². The highest BCUT2D eigenvalue weighted by molar-refractivity contribution is 5.95. The lowest BCUT2D eigenvalue weighted by atomic mass is 10.1. The number of amides is 2. The molecular weight excluding hydrogens is 302 g/mol. The van der Waals surface area contributed by atoms with Crippen molar-refractivity contribution in [2.75, 3.05) is 5.32 Å². The fraction of sp³-hybridized carbons (Fsp3) is 0.176. The van der Waals surface area contributed by atoms with Crippen LogP contribution in [0.3, 0.4) is 0 Å². The number of anilines is 1. The molecule has 2 amide bonds. The second kappa shape index (κ2) is 7.49. The van der Waals surface area contributed by atoms with Crippen LogP contribution in [0.2, 0.25) is 0 Å². The first-order valence-corrected chi connectivity index (χ1v) is 7.06. The Bertz CT molecular complexity index is 705. The maximum Gasteiger partial charge on any atom is 0.251 e. The van der Waals surface area contributed by atoms with Crippen molar-refractivity contribution in [2.24, 2.45) is 0 Å². The monoisotopic (exact) mass is 318 g/mol. The summed E-state index contributed by atoms with van der Waals surface area (Å²) in [6.07, 6.45) is -0.0324. The molecule has 120 valence electrons. The van der Waals surface area contributed by atoms with Gasteiger partial charge in [-0.15, -0.1) is 0 Å². The van der Waals surface area contributed by atoms with Gasteiger partial charge in [0.25, 0.3) is 5.91 Å². The van der Waals surface area contributed by atoms with E-state index in [0.29, 0.717) is 11.6 Å². The largest absolute Gasteiger partial charge is 0.349 e. The lowest BCUT2D eigenvalue weighted by molar-refractivity contribution is -0.116. The summed E-state index contributed by atoms with van der Waals surface area (Å²) in [6.45, 7) is 1.67. The van der Waals surface area contributed by atoms with E-state index in [-0.39, 0.29) is 18.0 Å². The summed E-state index contributed by atoms with van der Waals surface area (Å²) >= 11 is 0. The van der Waals surface area contributed by atoms with Gasteiger partial charge in [-0.25, -0.2) is 8.78 Å². The van der Waals surface area contributed by atoms with Gasteiger partial charge in [0, 0.05) is 24.1 Å². The van der Waals surface area contributed by atoms with Crippen molar-refractivity contribution >= 4 is 17.5 Å². The predicted octanol–water partition coefficient (Wildman–Crippen LogP) is 3.11. The van der Waals surface area contributed by atoms with Crippen molar-refractivity contribution in [1.82, 2.24) is 5.32 Å². The minimum absolute atomic E-state index is 0.0324. The standard InChI is InChI=1S/C17H16F2N2O2/c1-11(20-17(23)12-5-3-2-4-6-12)9-16(22)21-15-8-7-13(18)10-14(15)19/h2-8,10-11H,9H2,1H3,(H,20,23)(H,21,22). The number of nitrogens with one attached hydrogen (secondary N) is 2. The van der Waals surface area contributed by atoms with Crippen molar-refractivity contribution < 1.29 is 18.4 Å². The highest BCUT2D eigenvalue weighted by Gasteiger charge is 2.14. The normalized spacial score (nSPS) is 11.6. The Balaban J connectivity index is 1.88. The van der Waals surface area contributed by atoms with E-state index in [4.69, 9.17) is 0 Å². The molecule has 0 aliphatic heterocycles. The fourth-order valence-electron chi connectivity index (χ4n) is 2.02. The van der Waals surface area contributed by atoms with Crippen LogP contribution in [0.25, 0.3) is 0 Å². The molecule has 4 nitrogen and oxygen atoms in total. The molecule has 2 aromatic carbocycles. The first kappa shape index (κ1) is 16.6. The van der Waals surface area contributed by atoms with Crippen LogP contribution in [0.4, 0.5) is 14.5 Å². The van der Waals surface area contributed by atoms with Crippen LogP contribution in [0.15, 0.2) is 48.5 Å². The van der Waals surface area contributed by atoms with Gasteiger partial charge >= 0.3 is 0 Å². The van der Waals surface area contributed by atoms with Crippen molar-refractivity contribution in [2.45, 2.75) is 19.4 Å². The van der Waals surface area contributed by atoms with E-state index < -0.39 is 23.6 Å². The second-order valence-corrected chi connectivity index (χ2v) is 5.12. The molecule has 0 heterocycles. The number of hydrogen-bond donors (Lipinski definition) is 2. The maximum atomic E-state index is 13.5. The lowest BCUT2D eigenvalue weighted by Crippen LogP contribution is -2.35. The van der Waals surface area contributed by atoms with Crippen molar-refractivity contribution in [3.63, 3.8) is 0 Å². The minimum Gasteiger partial charge on any atom is -0.349 e. The smallest absolute Gasteiger partial charge is 0.251 e. The van der Waals surface area contributed by atoms with E-state index in [1.807, 2.05) is 0 Å². The Morgan fingerprint density at radius 2 is 1.78 bits per heavy atom. The molecule has 1 unspecified atom stereocenters. The third-order valence-electron chi connectivity index (χ3n) is 3.11. The molecule has 0 aliphatic carbocycles.